The number of likely N-dealkylation sites (N-methyl/N-ethyl adjacent to an activating group) is 1. The third kappa shape index (κ3) is 4.05. The molecule has 1 heterocycles. The number of ketones is 1. The van der Waals surface area contributed by atoms with Gasteiger partial charge in [-0.2, -0.15) is 0 Å². The second-order valence-electron chi connectivity index (χ2n) is 5.46. The van der Waals surface area contributed by atoms with E-state index < -0.39 is 0 Å². The van der Waals surface area contributed by atoms with Gasteiger partial charge in [0.05, 0.1) is 0 Å². The Morgan fingerprint density at radius 2 is 2.20 bits per heavy atom. The molecular formula is C16H23ClN2O. The topological polar surface area (TPSA) is 23.6 Å². The minimum absolute atomic E-state index is 0.179. The van der Waals surface area contributed by atoms with Crippen LogP contribution < -0.4 is 0 Å². The molecule has 0 aromatic heterocycles. The third-order valence-corrected chi connectivity index (χ3v) is 4.29. The summed E-state index contributed by atoms with van der Waals surface area (Å²) in [5, 5.41) is 0.626. The first-order valence-corrected chi connectivity index (χ1v) is 7.73. The largest absolute Gasteiger partial charge is 0.300 e. The Morgan fingerprint density at radius 3 is 2.85 bits per heavy atom. The number of hydrogen-bond acceptors (Lipinski definition) is 3. The molecule has 1 saturated heterocycles. The molecule has 20 heavy (non-hydrogen) atoms. The Labute approximate surface area is 126 Å². The molecule has 0 spiro atoms. The molecule has 1 aliphatic heterocycles. The molecule has 1 fully saturated rings. The minimum atomic E-state index is 0.179. The Kier molecular flexibility index (Phi) is 5.58. The molecule has 1 atom stereocenters. The quantitative estimate of drug-likeness (QED) is 0.780. The molecule has 1 aromatic carbocycles. The Hall–Kier alpha value is -0.900. The highest BCUT2D eigenvalue weighted by Crippen LogP contribution is 2.14. The van der Waals surface area contributed by atoms with Crippen LogP contribution in [0.1, 0.15) is 30.6 Å². The van der Waals surface area contributed by atoms with E-state index in [2.05, 4.69) is 23.6 Å². The van der Waals surface area contributed by atoms with E-state index in [-0.39, 0.29) is 5.78 Å². The standard InChI is InChI=1S/C16H23ClN2O/c1-3-19-10-9-18(12-13(19)2)8-7-16(20)14-5-4-6-15(17)11-14/h4-6,11,13H,3,7-10,12H2,1-2H3. The van der Waals surface area contributed by atoms with Crippen LogP contribution in [0.15, 0.2) is 24.3 Å². The fourth-order valence-corrected chi connectivity index (χ4v) is 3.00. The zero-order chi connectivity index (χ0) is 14.5. The van der Waals surface area contributed by atoms with E-state index in [1.807, 2.05) is 12.1 Å². The molecule has 0 bridgehead atoms. The highest BCUT2D eigenvalue weighted by molar-refractivity contribution is 6.31. The molecule has 0 saturated carbocycles. The lowest BCUT2D eigenvalue weighted by Crippen LogP contribution is -2.51. The van der Waals surface area contributed by atoms with E-state index in [1.165, 1.54) is 0 Å². The second-order valence-corrected chi connectivity index (χ2v) is 5.90. The summed E-state index contributed by atoms with van der Waals surface area (Å²) in [7, 11) is 0. The molecule has 1 aromatic rings. The zero-order valence-corrected chi connectivity index (χ0v) is 13.1. The van der Waals surface area contributed by atoms with Gasteiger partial charge in [0.2, 0.25) is 0 Å². The second kappa shape index (κ2) is 7.21. The van der Waals surface area contributed by atoms with E-state index in [1.54, 1.807) is 12.1 Å². The van der Waals surface area contributed by atoms with Gasteiger partial charge in [0, 0.05) is 49.2 Å². The minimum Gasteiger partial charge on any atom is -0.300 e. The van der Waals surface area contributed by atoms with Crippen LogP contribution in [-0.4, -0.2) is 54.3 Å². The average molecular weight is 295 g/mol. The fraction of sp³-hybridized carbons (Fsp3) is 0.562. The number of carbonyl (C=O) groups is 1. The van der Waals surface area contributed by atoms with Crippen LogP contribution in [0.25, 0.3) is 0 Å². The molecule has 0 N–H and O–H groups in total. The van der Waals surface area contributed by atoms with Crippen LogP contribution >= 0.6 is 11.6 Å². The fourth-order valence-electron chi connectivity index (χ4n) is 2.81. The van der Waals surface area contributed by atoms with E-state index in [0.29, 0.717) is 17.5 Å². The molecule has 2 rings (SSSR count). The smallest absolute Gasteiger partial charge is 0.164 e. The Bertz CT molecular complexity index is 464. The summed E-state index contributed by atoms with van der Waals surface area (Å²) in [6, 6.07) is 7.80. The van der Waals surface area contributed by atoms with Crippen molar-refractivity contribution in [1.29, 1.82) is 0 Å². The first-order chi connectivity index (χ1) is 9.60. The average Bonchev–Trinajstić information content (AvgIpc) is 2.45. The van der Waals surface area contributed by atoms with Crippen molar-refractivity contribution >= 4 is 17.4 Å². The van der Waals surface area contributed by atoms with Crippen molar-refractivity contribution in [3.8, 4) is 0 Å². The van der Waals surface area contributed by atoms with Gasteiger partial charge in [-0.15, -0.1) is 0 Å². The number of rotatable bonds is 5. The summed E-state index contributed by atoms with van der Waals surface area (Å²) >= 11 is 5.92. The van der Waals surface area contributed by atoms with Crippen molar-refractivity contribution in [2.45, 2.75) is 26.3 Å². The van der Waals surface area contributed by atoms with Crippen LogP contribution in [0.4, 0.5) is 0 Å². The maximum absolute atomic E-state index is 12.1. The summed E-state index contributed by atoms with van der Waals surface area (Å²) < 4.78 is 0. The number of piperazine rings is 1. The van der Waals surface area contributed by atoms with Crippen molar-refractivity contribution in [2.75, 3.05) is 32.7 Å². The highest BCUT2D eigenvalue weighted by atomic mass is 35.5. The van der Waals surface area contributed by atoms with Crippen molar-refractivity contribution in [2.24, 2.45) is 0 Å². The Morgan fingerprint density at radius 1 is 1.40 bits per heavy atom. The van der Waals surface area contributed by atoms with E-state index >= 15 is 0 Å². The first kappa shape index (κ1) is 15.5. The SMILES string of the molecule is CCN1CCN(CCC(=O)c2cccc(Cl)c2)CC1C. The van der Waals surface area contributed by atoms with Gasteiger partial charge in [0.15, 0.2) is 5.78 Å². The predicted octanol–water partition coefficient (Wildman–Crippen LogP) is 2.94. The van der Waals surface area contributed by atoms with Crippen molar-refractivity contribution < 1.29 is 4.79 Å². The van der Waals surface area contributed by atoms with Crippen LogP contribution in [0.5, 0.6) is 0 Å². The zero-order valence-electron chi connectivity index (χ0n) is 12.3. The molecule has 1 aliphatic rings. The number of benzene rings is 1. The predicted molar refractivity (Wildman–Crippen MR) is 83.5 cm³/mol. The van der Waals surface area contributed by atoms with E-state index in [4.69, 9.17) is 11.6 Å². The van der Waals surface area contributed by atoms with Gasteiger partial charge in [-0.3, -0.25) is 9.69 Å². The lowest BCUT2D eigenvalue weighted by molar-refractivity contribution is 0.0796. The van der Waals surface area contributed by atoms with Gasteiger partial charge in [-0.1, -0.05) is 30.7 Å². The van der Waals surface area contributed by atoms with Crippen molar-refractivity contribution in [3.05, 3.63) is 34.9 Å². The molecule has 0 radical (unpaired) electrons. The molecule has 4 heteroatoms. The summed E-state index contributed by atoms with van der Waals surface area (Å²) in [5.41, 5.74) is 0.720. The molecule has 3 nitrogen and oxygen atoms in total. The first-order valence-electron chi connectivity index (χ1n) is 7.35. The van der Waals surface area contributed by atoms with Gasteiger partial charge in [-0.05, 0) is 25.6 Å². The highest BCUT2D eigenvalue weighted by Gasteiger charge is 2.22. The molecule has 110 valence electrons. The van der Waals surface area contributed by atoms with Gasteiger partial charge in [0.25, 0.3) is 0 Å². The number of halogens is 1. The van der Waals surface area contributed by atoms with Gasteiger partial charge >= 0.3 is 0 Å². The summed E-state index contributed by atoms with van der Waals surface area (Å²) in [6.45, 7) is 9.62. The number of hydrogen-bond donors (Lipinski definition) is 0. The molecular weight excluding hydrogens is 272 g/mol. The summed E-state index contributed by atoms with van der Waals surface area (Å²) in [6.07, 6.45) is 0.569. The van der Waals surface area contributed by atoms with E-state index in [0.717, 1.165) is 38.3 Å². The molecule has 0 amide bonds. The maximum Gasteiger partial charge on any atom is 0.164 e. The molecule has 0 aliphatic carbocycles. The Balaban J connectivity index is 1.82. The van der Waals surface area contributed by atoms with Crippen LogP contribution in [-0.2, 0) is 0 Å². The molecule has 1 unspecified atom stereocenters. The van der Waals surface area contributed by atoms with Crippen LogP contribution in [0.2, 0.25) is 5.02 Å². The summed E-state index contributed by atoms with van der Waals surface area (Å²) in [5.74, 6) is 0.179. The summed E-state index contributed by atoms with van der Waals surface area (Å²) in [4.78, 5) is 17.0. The number of Topliss-reactive ketones (excluding diaryl/α,β-unsaturated/α-hetero) is 1. The monoisotopic (exact) mass is 294 g/mol. The van der Waals surface area contributed by atoms with Crippen LogP contribution in [0.3, 0.4) is 0 Å². The maximum atomic E-state index is 12.1. The normalized spacial score (nSPS) is 21.1. The number of nitrogens with zero attached hydrogens (tertiary/aromatic N) is 2. The van der Waals surface area contributed by atoms with Crippen molar-refractivity contribution in [3.63, 3.8) is 0 Å². The van der Waals surface area contributed by atoms with Gasteiger partial charge in [0.1, 0.15) is 0 Å². The van der Waals surface area contributed by atoms with Crippen molar-refractivity contribution in [1.82, 2.24) is 9.80 Å². The lowest BCUT2D eigenvalue weighted by Gasteiger charge is -2.39. The van der Waals surface area contributed by atoms with Gasteiger partial charge < -0.3 is 4.90 Å². The third-order valence-electron chi connectivity index (χ3n) is 4.06. The van der Waals surface area contributed by atoms with Crippen LogP contribution in [0, 0.1) is 0 Å². The number of carbonyl (C=O) groups excluding carboxylic acids is 1. The van der Waals surface area contributed by atoms with E-state index in [9.17, 15) is 4.79 Å². The van der Waals surface area contributed by atoms with Gasteiger partial charge in [-0.25, -0.2) is 0 Å². The lowest BCUT2D eigenvalue weighted by atomic mass is 10.1.